The number of rotatable bonds is 12. The van der Waals surface area contributed by atoms with Crippen molar-refractivity contribution in [2.45, 2.75) is 73.6 Å². The number of methoxy groups -OCH3 is 1. The van der Waals surface area contributed by atoms with Crippen LogP contribution >= 0.6 is 0 Å². The van der Waals surface area contributed by atoms with Gasteiger partial charge in [-0.2, -0.15) is 0 Å². The molecule has 0 bridgehead atoms. The maximum absolute atomic E-state index is 12.5. The van der Waals surface area contributed by atoms with E-state index in [4.69, 9.17) is 9.84 Å². The Hall–Kier alpha value is -3.52. The van der Waals surface area contributed by atoms with Crippen LogP contribution in [0.15, 0.2) is 72.5 Å². The molecule has 1 N–H and O–H groups in total. The van der Waals surface area contributed by atoms with Crippen LogP contribution in [0, 0.1) is 6.92 Å². The van der Waals surface area contributed by atoms with E-state index in [1.54, 1.807) is 32.4 Å². The number of aldehydes is 1. The highest BCUT2D eigenvalue weighted by Crippen LogP contribution is 2.32. The molecule has 8 heteroatoms. The Kier molecular flexibility index (Phi) is 23.5. The number of carbonyl (C=O) groups is 1. The third-order valence-electron chi connectivity index (χ3n) is 5.30. The van der Waals surface area contributed by atoms with E-state index in [1.807, 2.05) is 64.1 Å². The molecule has 2 rings (SSSR count). The molecular formula is C33H47F3O5. The van der Waals surface area contributed by atoms with E-state index in [0.29, 0.717) is 18.5 Å². The van der Waals surface area contributed by atoms with E-state index < -0.39 is 6.36 Å². The number of allylic oxidation sites excluding steroid dienone is 5. The number of benzene rings is 2. The molecule has 0 saturated heterocycles. The van der Waals surface area contributed by atoms with Gasteiger partial charge in [0.1, 0.15) is 18.1 Å². The number of aliphatic hydroxyl groups is 1. The van der Waals surface area contributed by atoms with Crippen molar-refractivity contribution < 1.29 is 37.3 Å². The number of alkyl halides is 3. The molecule has 0 aromatic heterocycles. The molecule has 2 aromatic rings. The topological polar surface area (TPSA) is 65.0 Å². The van der Waals surface area contributed by atoms with Gasteiger partial charge in [-0.1, -0.05) is 62.8 Å². The Morgan fingerprint density at radius 3 is 2.22 bits per heavy atom. The smallest absolute Gasteiger partial charge is 0.505 e. The second-order valence-electron chi connectivity index (χ2n) is 8.20. The number of carbonyl (C=O) groups excluding carboxylic acids is 1. The third kappa shape index (κ3) is 18.5. The lowest BCUT2D eigenvalue weighted by Crippen LogP contribution is -2.17. The highest BCUT2D eigenvalue weighted by molar-refractivity contribution is 5.72. The minimum atomic E-state index is -4.71. The fraction of sp³-hybridized carbons (Fsp3) is 0.424. The molecule has 0 radical (unpaired) electrons. The normalized spacial score (nSPS) is 11.2. The zero-order chi connectivity index (χ0) is 31.7. The predicted octanol–water partition coefficient (Wildman–Crippen LogP) is 9.04. The van der Waals surface area contributed by atoms with Gasteiger partial charge in [0.15, 0.2) is 6.29 Å². The van der Waals surface area contributed by atoms with Gasteiger partial charge in [0, 0.05) is 7.11 Å². The number of ether oxygens (including phenoxy) is 3. The van der Waals surface area contributed by atoms with Crippen LogP contribution in [-0.4, -0.2) is 38.6 Å². The second kappa shape index (κ2) is 24.3. The van der Waals surface area contributed by atoms with E-state index in [-0.39, 0.29) is 12.4 Å². The molecular weight excluding hydrogens is 533 g/mol. The van der Waals surface area contributed by atoms with Crippen molar-refractivity contribution in [1.29, 1.82) is 0 Å². The molecule has 0 aliphatic rings. The van der Waals surface area contributed by atoms with E-state index in [1.165, 1.54) is 12.1 Å². The van der Waals surface area contributed by atoms with Crippen molar-refractivity contribution in [2.24, 2.45) is 0 Å². The summed E-state index contributed by atoms with van der Waals surface area (Å²) in [7, 11) is 2.64. The lowest BCUT2D eigenvalue weighted by atomic mass is 9.91. The molecule has 0 aliphatic carbocycles. The maximum atomic E-state index is 12.5. The summed E-state index contributed by atoms with van der Waals surface area (Å²) in [6.07, 6.45) is 6.92. The summed E-state index contributed by atoms with van der Waals surface area (Å²) in [6.45, 7) is 11.9. The van der Waals surface area contributed by atoms with Gasteiger partial charge in [0.2, 0.25) is 0 Å². The van der Waals surface area contributed by atoms with Crippen LogP contribution in [0.5, 0.6) is 11.5 Å². The van der Waals surface area contributed by atoms with Gasteiger partial charge in [-0.05, 0) is 93.0 Å². The molecule has 230 valence electrons. The number of halogens is 3. The number of hydrogen-bond donors (Lipinski definition) is 1. The summed E-state index contributed by atoms with van der Waals surface area (Å²) in [6, 6.07) is 12.1. The van der Waals surface area contributed by atoms with Crippen molar-refractivity contribution in [3.05, 3.63) is 89.2 Å². The van der Waals surface area contributed by atoms with Gasteiger partial charge in [-0.25, -0.2) is 0 Å². The van der Waals surface area contributed by atoms with Gasteiger partial charge >= 0.3 is 6.36 Å². The van der Waals surface area contributed by atoms with Crippen molar-refractivity contribution in [2.75, 3.05) is 20.8 Å². The van der Waals surface area contributed by atoms with Gasteiger partial charge < -0.3 is 19.3 Å². The van der Waals surface area contributed by atoms with Crippen LogP contribution in [0.3, 0.4) is 0 Å². The zero-order valence-electron chi connectivity index (χ0n) is 25.7. The van der Waals surface area contributed by atoms with Crippen LogP contribution in [0.1, 0.15) is 70.6 Å². The molecule has 0 atom stereocenters. The Labute approximate surface area is 244 Å². The number of hydrogen-bond acceptors (Lipinski definition) is 5. The first-order valence-electron chi connectivity index (χ1n) is 13.6. The van der Waals surface area contributed by atoms with Crippen LogP contribution in [-0.2, 0) is 16.0 Å². The molecule has 0 fully saturated rings. The summed E-state index contributed by atoms with van der Waals surface area (Å²) < 4.78 is 51.6. The first-order valence-corrected chi connectivity index (χ1v) is 13.6. The molecule has 2 aromatic carbocycles. The van der Waals surface area contributed by atoms with Crippen LogP contribution in [0.4, 0.5) is 13.2 Å². The van der Waals surface area contributed by atoms with Gasteiger partial charge in [-0.3, -0.25) is 4.79 Å². The summed E-state index contributed by atoms with van der Waals surface area (Å²) >= 11 is 0. The fourth-order valence-corrected chi connectivity index (χ4v) is 3.52. The van der Waals surface area contributed by atoms with E-state index in [9.17, 15) is 18.0 Å². The quantitative estimate of drug-likeness (QED) is 0.154. The SMILES string of the molecule is C/C=C\C/C(=C(\C)CCc1cccc(OCC=O)c1)c1ccc(OC(F)(F)F)cc1C.CC.CC/C=C/OC.CO. The van der Waals surface area contributed by atoms with E-state index in [0.717, 1.165) is 54.2 Å². The van der Waals surface area contributed by atoms with Crippen LogP contribution in [0.2, 0.25) is 0 Å². The minimum Gasteiger partial charge on any atom is -0.505 e. The average Bonchev–Trinajstić information content (AvgIpc) is 2.96. The molecule has 0 amide bonds. The molecule has 0 saturated carbocycles. The zero-order valence-corrected chi connectivity index (χ0v) is 25.7. The van der Waals surface area contributed by atoms with Crippen molar-refractivity contribution >= 4 is 11.9 Å². The summed E-state index contributed by atoms with van der Waals surface area (Å²) in [5.41, 5.74) is 4.96. The highest BCUT2D eigenvalue weighted by atomic mass is 19.4. The lowest BCUT2D eigenvalue weighted by Gasteiger charge is -2.16. The molecule has 0 unspecified atom stereocenters. The summed E-state index contributed by atoms with van der Waals surface area (Å²) in [4.78, 5) is 10.5. The summed E-state index contributed by atoms with van der Waals surface area (Å²) in [5.74, 6) is 0.431. The number of aliphatic hydroxyl groups excluding tert-OH is 1. The minimum absolute atomic E-state index is 0.0171. The van der Waals surface area contributed by atoms with Gasteiger partial charge in [0.25, 0.3) is 0 Å². The first kappa shape index (κ1) is 39.6. The highest BCUT2D eigenvalue weighted by Gasteiger charge is 2.31. The molecule has 0 heterocycles. The van der Waals surface area contributed by atoms with Gasteiger partial charge in [0.05, 0.1) is 13.4 Å². The third-order valence-corrected chi connectivity index (χ3v) is 5.30. The average molecular weight is 581 g/mol. The Balaban J connectivity index is 0. The largest absolute Gasteiger partial charge is 0.573 e. The molecule has 41 heavy (non-hydrogen) atoms. The Morgan fingerprint density at radius 1 is 1.02 bits per heavy atom. The van der Waals surface area contributed by atoms with Crippen LogP contribution in [0.25, 0.3) is 5.57 Å². The lowest BCUT2D eigenvalue weighted by molar-refractivity contribution is -0.274. The van der Waals surface area contributed by atoms with Gasteiger partial charge in [-0.15, -0.1) is 13.2 Å². The monoisotopic (exact) mass is 580 g/mol. The first-order chi connectivity index (χ1) is 19.6. The van der Waals surface area contributed by atoms with Crippen molar-refractivity contribution in [3.63, 3.8) is 0 Å². The van der Waals surface area contributed by atoms with E-state index >= 15 is 0 Å². The van der Waals surface area contributed by atoms with Crippen molar-refractivity contribution in [3.8, 4) is 11.5 Å². The predicted molar refractivity (Wildman–Crippen MR) is 162 cm³/mol. The van der Waals surface area contributed by atoms with E-state index in [2.05, 4.69) is 16.4 Å². The maximum Gasteiger partial charge on any atom is 0.573 e. The van der Waals surface area contributed by atoms with Crippen molar-refractivity contribution in [1.82, 2.24) is 0 Å². The fourth-order valence-electron chi connectivity index (χ4n) is 3.52. The van der Waals surface area contributed by atoms with Crippen LogP contribution < -0.4 is 9.47 Å². The molecule has 0 spiro atoms. The molecule has 5 nitrogen and oxygen atoms in total. The standard InChI is InChI=1S/C25H27F3O3.C5H10O.C2H6.CH4O/c1-4-5-9-23(24-13-12-22(16-19(24)3)31-25(26,27)28)18(2)10-11-20-7-6-8-21(17-20)30-15-14-29;1-3-4-5-6-2;2*1-2/h4-8,12-14,16-17H,9-11,15H2,1-3H3;4-5H,3H2,1-2H3;1-2H3;2H,1H3/b5-4-,23-18-;5-4+;;. The summed E-state index contributed by atoms with van der Waals surface area (Å²) in [5, 5.41) is 7.00. The Morgan fingerprint density at radius 2 is 1.71 bits per heavy atom. The molecule has 0 aliphatic heterocycles. The Bertz CT molecular complexity index is 1050. The second-order valence-corrected chi connectivity index (χ2v) is 8.20. The number of aryl methyl sites for hydroxylation is 2.